The summed E-state index contributed by atoms with van der Waals surface area (Å²) in [5, 5.41) is 11.7. The first-order chi connectivity index (χ1) is 14.0. The smallest absolute Gasteiger partial charge is 0.295 e. The van der Waals surface area contributed by atoms with Gasteiger partial charge in [0.25, 0.3) is 5.69 Å². The highest BCUT2D eigenvalue weighted by Gasteiger charge is 2.17. The third-order valence-corrected chi connectivity index (χ3v) is 4.90. The minimum absolute atomic E-state index is 0.120. The van der Waals surface area contributed by atoms with Gasteiger partial charge in [0.15, 0.2) is 0 Å². The molecular weight excluding hydrogens is 392 g/mol. The number of ether oxygens (including phenoxy) is 1. The molecule has 0 aliphatic carbocycles. The van der Waals surface area contributed by atoms with Crippen molar-refractivity contribution >= 4 is 28.7 Å². The molecule has 2 aromatic carbocycles. The second-order valence-electron chi connectivity index (χ2n) is 6.48. The topological polar surface area (TPSA) is 84.9 Å². The number of nitrogens with two attached hydrogens (primary N) is 1. The maximum absolute atomic E-state index is 10.9. The monoisotopic (exact) mass is 420 g/mol. The molecule has 1 heterocycles. The lowest BCUT2D eigenvalue weighted by molar-refractivity contribution is -0.384. The largest absolute Gasteiger partial charge is 0.493 e. The summed E-state index contributed by atoms with van der Waals surface area (Å²) in [6.45, 7) is 9.40. The fourth-order valence-corrected chi connectivity index (χ4v) is 3.26. The number of nitrogen functional groups attached to an aromatic ring is 1. The van der Waals surface area contributed by atoms with Crippen LogP contribution in [0.2, 0.25) is 5.02 Å². The maximum Gasteiger partial charge on any atom is 0.295 e. The summed E-state index contributed by atoms with van der Waals surface area (Å²) >= 11 is 5.94. The normalized spacial score (nSPS) is 14.1. The summed E-state index contributed by atoms with van der Waals surface area (Å²) in [5.41, 5.74) is 6.81. The average molecular weight is 421 g/mol. The second-order valence-corrected chi connectivity index (χ2v) is 6.92. The Labute approximate surface area is 177 Å². The van der Waals surface area contributed by atoms with Crippen molar-refractivity contribution in [3.63, 3.8) is 0 Å². The van der Waals surface area contributed by atoms with Gasteiger partial charge in [0.1, 0.15) is 11.4 Å². The van der Waals surface area contributed by atoms with Crippen LogP contribution in [0, 0.1) is 10.1 Å². The van der Waals surface area contributed by atoms with Gasteiger partial charge in [0.05, 0.1) is 17.6 Å². The van der Waals surface area contributed by atoms with E-state index < -0.39 is 4.92 Å². The van der Waals surface area contributed by atoms with Crippen LogP contribution in [0.15, 0.2) is 42.5 Å². The Morgan fingerprint density at radius 3 is 2.38 bits per heavy atom. The molecule has 0 spiro atoms. The number of rotatable bonds is 7. The summed E-state index contributed by atoms with van der Waals surface area (Å²) in [6.07, 6.45) is 0.860. The molecule has 1 aliphatic rings. The Balaban J connectivity index is 0.00000145. The van der Waals surface area contributed by atoms with Crippen molar-refractivity contribution in [3.05, 3.63) is 57.6 Å². The quantitative estimate of drug-likeness (QED) is 0.308. The van der Waals surface area contributed by atoms with E-state index in [0.717, 1.165) is 44.2 Å². The van der Waals surface area contributed by atoms with Crippen LogP contribution in [0.25, 0.3) is 0 Å². The van der Waals surface area contributed by atoms with Gasteiger partial charge in [-0.1, -0.05) is 25.4 Å². The van der Waals surface area contributed by atoms with Gasteiger partial charge in [0, 0.05) is 43.4 Å². The van der Waals surface area contributed by atoms with Crippen molar-refractivity contribution in [3.8, 4) is 5.75 Å². The Morgan fingerprint density at radius 2 is 1.76 bits per heavy atom. The Bertz CT molecular complexity index is 778. The molecule has 0 radical (unpaired) electrons. The highest BCUT2D eigenvalue weighted by molar-refractivity contribution is 6.30. The van der Waals surface area contributed by atoms with Gasteiger partial charge in [-0.2, -0.15) is 0 Å². The van der Waals surface area contributed by atoms with Gasteiger partial charge < -0.3 is 15.4 Å². The fourth-order valence-electron chi connectivity index (χ4n) is 3.13. The molecule has 2 aromatic rings. The molecule has 0 atom stereocenters. The van der Waals surface area contributed by atoms with Gasteiger partial charge in [-0.05, 0) is 42.8 Å². The first kappa shape index (κ1) is 22.8. The molecule has 0 bridgehead atoms. The van der Waals surface area contributed by atoms with Crippen LogP contribution in [-0.4, -0.2) is 49.2 Å². The number of piperazine rings is 1. The number of anilines is 2. The number of nitro benzene ring substituents is 1. The molecule has 7 nitrogen and oxygen atoms in total. The number of hydrogen-bond acceptors (Lipinski definition) is 6. The number of halogens is 1. The van der Waals surface area contributed by atoms with Crippen LogP contribution in [-0.2, 0) is 0 Å². The molecule has 8 heteroatoms. The molecule has 1 saturated heterocycles. The van der Waals surface area contributed by atoms with E-state index in [1.807, 2.05) is 26.0 Å². The molecule has 0 amide bonds. The molecule has 1 fully saturated rings. The van der Waals surface area contributed by atoms with Crippen molar-refractivity contribution in [2.45, 2.75) is 20.3 Å². The SMILES string of the molecule is CC.Nc1ccc(OCCCN2CCN(c3ccc(Cl)cc3)CC2)cc1[N+](=O)[O-]. The number of hydrogen-bond donors (Lipinski definition) is 1. The minimum atomic E-state index is -0.498. The van der Waals surface area contributed by atoms with Crippen molar-refractivity contribution in [2.75, 3.05) is 50.0 Å². The van der Waals surface area contributed by atoms with E-state index in [1.54, 1.807) is 6.07 Å². The van der Waals surface area contributed by atoms with Crippen LogP contribution < -0.4 is 15.4 Å². The Hall–Kier alpha value is -2.51. The summed E-state index contributed by atoms with van der Waals surface area (Å²) in [4.78, 5) is 15.2. The number of nitrogens with zero attached hydrogens (tertiary/aromatic N) is 3. The van der Waals surface area contributed by atoms with Gasteiger partial charge >= 0.3 is 0 Å². The summed E-state index contributed by atoms with van der Waals surface area (Å²) in [5.74, 6) is 0.475. The predicted molar refractivity (Wildman–Crippen MR) is 119 cm³/mol. The molecule has 0 aromatic heterocycles. The number of nitro groups is 1. The van der Waals surface area contributed by atoms with Crippen molar-refractivity contribution < 1.29 is 9.66 Å². The molecule has 0 unspecified atom stereocenters. The van der Waals surface area contributed by atoms with E-state index in [-0.39, 0.29) is 11.4 Å². The van der Waals surface area contributed by atoms with E-state index in [9.17, 15) is 10.1 Å². The second kappa shape index (κ2) is 11.5. The zero-order valence-corrected chi connectivity index (χ0v) is 17.8. The van der Waals surface area contributed by atoms with E-state index in [2.05, 4.69) is 21.9 Å². The number of benzene rings is 2. The standard InChI is InChI=1S/C19H23ClN4O3.C2H6/c20-15-2-4-16(5-3-15)23-11-9-22(10-12-23)8-1-13-27-17-6-7-18(21)19(14-17)24(25)26;1-2/h2-7,14H,1,8-13,21H2;1-2H3. The lowest BCUT2D eigenvalue weighted by Gasteiger charge is -2.36. The van der Waals surface area contributed by atoms with Crippen LogP contribution in [0.4, 0.5) is 17.1 Å². The van der Waals surface area contributed by atoms with Gasteiger partial charge in [-0.25, -0.2) is 0 Å². The lowest BCUT2D eigenvalue weighted by atomic mass is 10.2. The molecular formula is C21H29ClN4O3. The van der Waals surface area contributed by atoms with Crippen LogP contribution >= 0.6 is 11.6 Å². The maximum atomic E-state index is 10.9. The van der Waals surface area contributed by atoms with Crippen LogP contribution in [0.1, 0.15) is 20.3 Å². The third-order valence-electron chi connectivity index (χ3n) is 4.65. The van der Waals surface area contributed by atoms with E-state index >= 15 is 0 Å². The summed E-state index contributed by atoms with van der Waals surface area (Å²) in [6, 6.07) is 12.5. The Morgan fingerprint density at radius 1 is 1.10 bits per heavy atom. The van der Waals surface area contributed by atoms with Crippen molar-refractivity contribution in [1.29, 1.82) is 0 Å². The Kier molecular flexibility index (Phi) is 9.02. The van der Waals surface area contributed by atoms with Gasteiger partial charge in [-0.15, -0.1) is 0 Å². The highest BCUT2D eigenvalue weighted by Crippen LogP contribution is 2.26. The third kappa shape index (κ3) is 6.80. The first-order valence-electron chi connectivity index (χ1n) is 9.92. The van der Waals surface area contributed by atoms with Crippen LogP contribution in [0.5, 0.6) is 5.75 Å². The van der Waals surface area contributed by atoms with Crippen molar-refractivity contribution in [1.82, 2.24) is 4.90 Å². The molecule has 29 heavy (non-hydrogen) atoms. The lowest BCUT2D eigenvalue weighted by Crippen LogP contribution is -2.46. The van der Waals surface area contributed by atoms with E-state index in [4.69, 9.17) is 22.1 Å². The molecule has 2 N–H and O–H groups in total. The fraction of sp³-hybridized carbons (Fsp3) is 0.429. The summed E-state index contributed by atoms with van der Waals surface area (Å²) < 4.78 is 5.63. The zero-order valence-electron chi connectivity index (χ0n) is 17.0. The predicted octanol–water partition coefficient (Wildman–Crippen LogP) is 4.45. The van der Waals surface area contributed by atoms with Crippen molar-refractivity contribution in [2.24, 2.45) is 0 Å². The van der Waals surface area contributed by atoms with Gasteiger partial charge in [0.2, 0.25) is 0 Å². The minimum Gasteiger partial charge on any atom is -0.493 e. The molecule has 3 rings (SSSR count). The first-order valence-corrected chi connectivity index (χ1v) is 10.3. The molecule has 0 saturated carbocycles. The average Bonchev–Trinajstić information content (AvgIpc) is 2.74. The van der Waals surface area contributed by atoms with E-state index in [0.29, 0.717) is 12.4 Å². The van der Waals surface area contributed by atoms with E-state index in [1.165, 1.54) is 17.8 Å². The molecule has 1 aliphatic heterocycles. The van der Waals surface area contributed by atoms with Gasteiger partial charge in [-0.3, -0.25) is 15.0 Å². The highest BCUT2D eigenvalue weighted by atomic mass is 35.5. The summed E-state index contributed by atoms with van der Waals surface area (Å²) in [7, 11) is 0. The molecule has 158 valence electrons. The van der Waals surface area contributed by atoms with Crippen LogP contribution in [0.3, 0.4) is 0 Å². The zero-order chi connectivity index (χ0) is 21.2.